The van der Waals surface area contributed by atoms with E-state index in [9.17, 15) is 0 Å². The molecule has 0 aliphatic rings. The SMILES string of the molecule is Clc1cc(-c2c[c]sc2)ccn1. The third-order valence-electron chi connectivity index (χ3n) is 1.53. The van der Waals surface area contributed by atoms with Gasteiger partial charge in [-0.1, -0.05) is 11.6 Å². The highest BCUT2D eigenvalue weighted by atomic mass is 35.5. The molecule has 1 nitrogen and oxygen atoms in total. The smallest absolute Gasteiger partial charge is 0.129 e. The molecular weight excluding hydrogens is 190 g/mol. The number of thiophene rings is 1. The summed E-state index contributed by atoms with van der Waals surface area (Å²) in [6, 6.07) is 5.72. The van der Waals surface area contributed by atoms with E-state index < -0.39 is 0 Å². The maximum atomic E-state index is 5.74. The van der Waals surface area contributed by atoms with Crippen LogP contribution in [0.4, 0.5) is 0 Å². The van der Waals surface area contributed by atoms with Crippen molar-refractivity contribution in [1.29, 1.82) is 0 Å². The summed E-state index contributed by atoms with van der Waals surface area (Å²) in [6.07, 6.45) is 1.70. The molecule has 0 aliphatic heterocycles. The van der Waals surface area contributed by atoms with Crippen LogP contribution >= 0.6 is 22.9 Å². The molecule has 0 bridgehead atoms. The number of hydrogen-bond acceptors (Lipinski definition) is 2. The van der Waals surface area contributed by atoms with E-state index in [1.54, 1.807) is 17.5 Å². The van der Waals surface area contributed by atoms with Gasteiger partial charge in [-0.2, -0.15) is 0 Å². The van der Waals surface area contributed by atoms with Crippen LogP contribution in [-0.4, -0.2) is 4.98 Å². The third kappa shape index (κ3) is 1.49. The Hall–Kier alpha value is -0.860. The zero-order valence-corrected chi connectivity index (χ0v) is 7.69. The molecule has 2 aromatic heterocycles. The summed E-state index contributed by atoms with van der Waals surface area (Å²) in [6.45, 7) is 0. The van der Waals surface area contributed by atoms with E-state index in [2.05, 4.69) is 10.4 Å². The van der Waals surface area contributed by atoms with Gasteiger partial charge in [-0.3, -0.25) is 0 Å². The van der Waals surface area contributed by atoms with E-state index in [4.69, 9.17) is 11.6 Å². The Kier molecular flexibility index (Phi) is 2.11. The molecule has 0 spiro atoms. The second kappa shape index (κ2) is 3.25. The zero-order chi connectivity index (χ0) is 8.39. The van der Waals surface area contributed by atoms with Crippen LogP contribution in [0.3, 0.4) is 0 Å². The molecule has 0 saturated carbocycles. The fourth-order valence-corrected chi connectivity index (χ4v) is 1.73. The van der Waals surface area contributed by atoms with Gasteiger partial charge in [0.25, 0.3) is 0 Å². The van der Waals surface area contributed by atoms with Crippen LogP contribution in [0.25, 0.3) is 11.1 Å². The average molecular weight is 195 g/mol. The van der Waals surface area contributed by atoms with E-state index in [1.165, 1.54) is 0 Å². The quantitative estimate of drug-likeness (QED) is 0.635. The second-order valence-corrected chi connectivity index (χ2v) is 3.41. The van der Waals surface area contributed by atoms with Crippen molar-refractivity contribution < 1.29 is 0 Å². The summed E-state index contributed by atoms with van der Waals surface area (Å²) < 4.78 is 0. The van der Waals surface area contributed by atoms with E-state index in [1.807, 2.05) is 23.6 Å². The predicted molar refractivity (Wildman–Crippen MR) is 51.4 cm³/mol. The number of nitrogens with zero attached hydrogens (tertiary/aromatic N) is 1. The Bertz CT molecular complexity index is 370. The first-order chi connectivity index (χ1) is 5.86. The van der Waals surface area contributed by atoms with Crippen molar-refractivity contribution >= 4 is 22.9 Å². The first-order valence-corrected chi connectivity index (χ1v) is 4.68. The topological polar surface area (TPSA) is 12.9 Å². The molecule has 12 heavy (non-hydrogen) atoms. The van der Waals surface area contributed by atoms with Crippen molar-refractivity contribution in [3.63, 3.8) is 0 Å². The number of pyridine rings is 1. The number of aromatic nitrogens is 1. The zero-order valence-electron chi connectivity index (χ0n) is 6.12. The van der Waals surface area contributed by atoms with Crippen LogP contribution in [0.15, 0.2) is 29.8 Å². The molecule has 2 heterocycles. The summed E-state index contributed by atoms with van der Waals surface area (Å²) in [7, 11) is 0. The van der Waals surface area contributed by atoms with Crippen LogP contribution in [0.1, 0.15) is 0 Å². The van der Waals surface area contributed by atoms with Crippen molar-refractivity contribution in [2.24, 2.45) is 0 Å². The van der Waals surface area contributed by atoms with Crippen LogP contribution in [0.2, 0.25) is 5.15 Å². The average Bonchev–Trinajstić information content (AvgIpc) is 2.56. The van der Waals surface area contributed by atoms with Gasteiger partial charge in [0.2, 0.25) is 0 Å². The Morgan fingerprint density at radius 3 is 3.00 bits per heavy atom. The number of rotatable bonds is 1. The molecule has 59 valence electrons. The third-order valence-corrected chi connectivity index (χ3v) is 2.36. The summed E-state index contributed by atoms with van der Waals surface area (Å²) in [5.41, 5.74) is 2.23. The van der Waals surface area contributed by atoms with Crippen LogP contribution in [0.5, 0.6) is 0 Å². The lowest BCUT2D eigenvalue weighted by molar-refractivity contribution is 1.33. The lowest BCUT2D eigenvalue weighted by atomic mass is 10.1. The van der Waals surface area contributed by atoms with Gasteiger partial charge in [-0.25, -0.2) is 4.98 Å². The van der Waals surface area contributed by atoms with E-state index in [0.29, 0.717) is 5.15 Å². The molecule has 1 radical (unpaired) electrons. The first kappa shape index (κ1) is 7.77. The van der Waals surface area contributed by atoms with Crippen molar-refractivity contribution in [3.05, 3.63) is 40.3 Å². The van der Waals surface area contributed by atoms with Gasteiger partial charge in [0, 0.05) is 11.6 Å². The standard InChI is InChI=1S/C9H5ClNS/c10-9-5-7(1-3-11-9)8-2-4-12-6-8/h1-3,5-6H. The molecule has 3 heteroatoms. The summed E-state index contributed by atoms with van der Waals surface area (Å²) in [4.78, 5) is 3.91. The highest BCUT2D eigenvalue weighted by Gasteiger charge is 1.97. The molecule has 0 aliphatic carbocycles. The Morgan fingerprint density at radius 1 is 1.42 bits per heavy atom. The van der Waals surface area contributed by atoms with Gasteiger partial charge in [0.05, 0.1) is 0 Å². The lowest BCUT2D eigenvalue weighted by Crippen LogP contribution is -1.76. The van der Waals surface area contributed by atoms with Gasteiger partial charge >= 0.3 is 0 Å². The fourth-order valence-electron chi connectivity index (χ4n) is 0.962. The maximum Gasteiger partial charge on any atom is 0.129 e. The predicted octanol–water partition coefficient (Wildman–Crippen LogP) is 3.26. The fraction of sp³-hybridized carbons (Fsp3) is 0. The minimum atomic E-state index is 0.527. The molecule has 0 atom stereocenters. The van der Waals surface area contributed by atoms with Gasteiger partial charge in [-0.05, 0) is 34.7 Å². The number of hydrogen-bond donors (Lipinski definition) is 0. The number of halogens is 1. The van der Waals surface area contributed by atoms with Crippen LogP contribution < -0.4 is 0 Å². The molecule has 2 rings (SSSR count). The Balaban J connectivity index is 2.48. The largest absolute Gasteiger partial charge is 0.245 e. The van der Waals surface area contributed by atoms with Crippen molar-refractivity contribution in [2.45, 2.75) is 0 Å². The first-order valence-electron chi connectivity index (χ1n) is 3.43. The minimum absolute atomic E-state index is 0.527. The molecule has 0 aromatic carbocycles. The molecule has 0 N–H and O–H groups in total. The van der Waals surface area contributed by atoms with Gasteiger partial charge in [0.1, 0.15) is 5.15 Å². The highest BCUT2D eigenvalue weighted by Crippen LogP contribution is 2.22. The monoisotopic (exact) mass is 194 g/mol. The minimum Gasteiger partial charge on any atom is -0.245 e. The van der Waals surface area contributed by atoms with Crippen molar-refractivity contribution in [2.75, 3.05) is 0 Å². The van der Waals surface area contributed by atoms with Crippen LogP contribution in [-0.2, 0) is 0 Å². The summed E-state index contributed by atoms with van der Waals surface area (Å²) in [5.74, 6) is 0. The normalized spacial score (nSPS) is 10.1. The highest BCUT2D eigenvalue weighted by molar-refractivity contribution is 7.07. The van der Waals surface area contributed by atoms with E-state index >= 15 is 0 Å². The van der Waals surface area contributed by atoms with Crippen molar-refractivity contribution in [3.8, 4) is 11.1 Å². The Morgan fingerprint density at radius 2 is 2.33 bits per heavy atom. The molecule has 2 aromatic rings. The van der Waals surface area contributed by atoms with Gasteiger partial charge in [-0.15, -0.1) is 11.3 Å². The molecule has 0 saturated heterocycles. The lowest BCUT2D eigenvalue weighted by Gasteiger charge is -1.95. The van der Waals surface area contributed by atoms with E-state index in [0.717, 1.165) is 11.1 Å². The molecule has 0 unspecified atom stereocenters. The van der Waals surface area contributed by atoms with Gasteiger partial charge < -0.3 is 0 Å². The molecule has 0 amide bonds. The summed E-state index contributed by atoms with van der Waals surface area (Å²) >= 11 is 7.30. The summed E-state index contributed by atoms with van der Waals surface area (Å²) in [5, 5.41) is 5.59. The van der Waals surface area contributed by atoms with Crippen molar-refractivity contribution in [1.82, 2.24) is 4.98 Å². The second-order valence-electron chi connectivity index (χ2n) is 2.32. The molecular formula is C9H5ClNS. The Labute approximate surface area is 79.7 Å². The molecule has 0 fully saturated rings. The van der Waals surface area contributed by atoms with E-state index in [-0.39, 0.29) is 0 Å². The maximum absolute atomic E-state index is 5.74. The van der Waals surface area contributed by atoms with Crippen LogP contribution in [0, 0.1) is 5.38 Å². The van der Waals surface area contributed by atoms with Gasteiger partial charge in [0.15, 0.2) is 0 Å².